The Bertz CT molecular complexity index is 430. The van der Waals surface area contributed by atoms with Crippen LogP contribution in [0.25, 0.3) is 0 Å². The summed E-state index contributed by atoms with van der Waals surface area (Å²) in [5.74, 6) is 2.75. The highest BCUT2D eigenvalue weighted by Gasteiger charge is 2.11. The van der Waals surface area contributed by atoms with Crippen molar-refractivity contribution < 1.29 is 9.53 Å². The second-order valence-corrected chi connectivity index (χ2v) is 3.79. The van der Waals surface area contributed by atoms with Gasteiger partial charge in [0.2, 0.25) is 0 Å². The van der Waals surface area contributed by atoms with E-state index in [1.807, 2.05) is 6.07 Å². The van der Waals surface area contributed by atoms with E-state index in [2.05, 4.69) is 29.7 Å². The summed E-state index contributed by atoms with van der Waals surface area (Å²) in [5, 5.41) is 0. The Kier molecular flexibility index (Phi) is 5.19. The fourth-order valence-corrected chi connectivity index (χ4v) is 1.50. The van der Waals surface area contributed by atoms with Gasteiger partial charge in [0.15, 0.2) is 6.10 Å². The molecule has 1 aromatic heterocycles. The number of aromatic nitrogens is 1. The molecule has 1 aromatic rings. The van der Waals surface area contributed by atoms with Gasteiger partial charge in [-0.05, 0) is 32.9 Å². The molecule has 0 spiro atoms. The zero-order valence-corrected chi connectivity index (χ0v) is 11.0. The zero-order valence-electron chi connectivity index (χ0n) is 11.0. The summed E-state index contributed by atoms with van der Waals surface area (Å²) >= 11 is 0. The van der Waals surface area contributed by atoms with Crippen LogP contribution in [0.15, 0.2) is 18.3 Å². The van der Waals surface area contributed by atoms with Crippen LogP contribution in [0.4, 0.5) is 5.82 Å². The Hall–Kier alpha value is -2.02. The third-order valence-corrected chi connectivity index (χ3v) is 2.59. The molecule has 18 heavy (non-hydrogen) atoms. The van der Waals surface area contributed by atoms with Gasteiger partial charge in [-0.15, -0.1) is 6.42 Å². The third kappa shape index (κ3) is 3.49. The minimum Gasteiger partial charge on any atom is -0.446 e. The summed E-state index contributed by atoms with van der Waals surface area (Å²) in [6.45, 7) is 7.52. The lowest BCUT2D eigenvalue weighted by Crippen LogP contribution is -2.23. The van der Waals surface area contributed by atoms with Gasteiger partial charge in [0, 0.05) is 19.3 Å². The van der Waals surface area contributed by atoms with E-state index in [1.165, 1.54) is 6.20 Å². The lowest BCUT2D eigenvalue weighted by molar-refractivity contribution is 0.0438. The van der Waals surface area contributed by atoms with Crippen LogP contribution in [-0.4, -0.2) is 30.1 Å². The molecular weight excluding hydrogens is 228 g/mol. The van der Waals surface area contributed by atoms with E-state index in [1.54, 1.807) is 13.0 Å². The van der Waals surface area contributed by atoms with Crippen molar-refractivity contribution >= 4 is 11.8 Å². The highest BCUT2D eigenvalue weighted by molar-refractivity contribution is 5.89. The molecule has 1 rings (SSSR count). The largest absolute Gasteiger partial charge is 0.446 e. The molecule has 4 heteroatoms. The summed E-state index contributed by atoms with van der Waals surface area (Å²) in [5.41, 5.74) is 0.410. The molecule has 0 N–H and O–H groups in total. The highest BCUT2D eigenvalue weighted by atomic mass is 16.5. The quantitative estimate of drug-likeness (QED) is 0.589. The van der Waals surface area contributed by atoms with Crippen molar-refractivity contribution in [1.29, 1.82) is 0 Å². The normalized spacial score (nSPS) is 11.4. The topological polar surface area (TPSA) is 42.4 Å². The average molecular weight is 246 g/mol. The van der Waals surface area contributed by atoms with Crippen LogP contribution in [0, 0.1) is 12.3 Å². The van der Waals surface area contributed by atoms with Crippen LogP contribution < -0.4 is 4.90 Å². The number of rotatable bonds is 5. The molecule has 4 nitrogen and oxygen atoms in total. The fraction of sp³-hybridized carbons (Fsp3) is 0.429. The van der Waals surface area contributed by atoms with Gasteiger partial charge in [0.1, 0.15) is 5.82 Å². The number of hydrogen-bond acceptors (Lipinski definition) is 4. The molecule has 0 amide bonds. The van der Waals surface area contributed by atoms with E-state index in [9.17, 15) is 4.79 Å². The molecule has 0 bridgehead atoms. The molecule has 0 saturated heterocycles. The maximum atomic E-state index is 11.7. The Labute approximate surface area is 108 Å². The van der Waals surface area contributed by atoms with E-state index >= 15 is 0 Å². The van der Waals surface area contributed by atoms with Gasteiger partial charge in [0.25, 0.3) is 0 Å². The molecule has 0 fully saturated rings. The summed E-state index contributed by atoms with van der Waals surface area (Å²) in [6, 6.07) is 3.51. The van der Waals surface area contributed by atoms with Gasteiger partial charge in [-0.25, -0.2) is 9.78 Å². The van der Waals surface area contributed by atoms with E-state index in [0.29, 0.717) is 5.56 Å². The maximum Gasteiger partial charge on any atom is 0.340 e. The van der Waals surface area contributed by atoms with Crippen molar-refractivity contribution in [2.75, 3.05) is 18.0 Å². The third-order valence-electron chi connectivity index (χ3n) is 2.59. The van der Waals surface area contributed by atoms with Crippen LogP contribution >= 0.6 is 0 Å². The number of hydrogen-bond donors (Lipinski definition) is 0. The molecule has 1 atom stereocenters. The van der Waals surface area contributed by atoms with Crippen molar-refractivity contribution in [3.63, 3.8) is 0 Å². The number of ether oxygens (including phenoxy) is 1. The van der Waals surface area contributed by atoms with Crippen molar-refractivity contribution in [3.05, 3.63) is 23.9 Å². The first-order valence-electron chi connectivity index (χ1n) is 6.00. The first kappa shape index (κ1) is 14.0. The summed E-state index contributed by atoms with van der Waals surface area (Å²) in [7, 11) is 0. The molecule has 0 saturated carbocycles. The first-order chi connectivity index (χ1) is 8.62. The molecule has 0 aliphatic rings. The number of esters is 1. The Morgan fingerprint density at radius 3 is 2.61 bits per heavy atom. The molecule has 0 radical (unpaired) electrons. The van der Waals surface area contributed by atoms with Gasteiger partial charge in [-0.2, -0.15) is 0 Å². The highest BCUT2D eigenvalue weighted by Crippen LogP contribution is 2.11. The Balaban J connectivity index is 2.77. The van der Waals surface area contributed by atoms with Crippen LogP contribution in [0.1, 0.15) is 31.1 Å². The van der Waals surface area contributed by atoms with E-state index < -0.39 is 12.1 Å². The van der Waals surface area contributed by atoms with Gasteiger partial charge in [-0.3, -0.25) is 0 Å². The van der Waals surface area contributed by atoms with Crippen LogP contribution in [0.5, 0.6) is 0 Å². The Morgan fingerprint density at radius 1 is 1.50 bits per heavy atom. The molecule has 0 aliphatic heterocycles. The smallest absolute Gasteiger partial charge is 0.340 e. The van der Waals surface area contributed by atoms with Crippen LogP contribution in [-0.2, 0) is 4.74 Å². The van der Waals surface area contributed by atoms with Crippen molar-refractivity contribution in [1.82, 2.24) is 4.98 Å². The molecule has 0 aromatic carbocycles. The summed E-state index contributed by atoms with van der Waals surface area (Å²) < 4.78 is 5.01. The summed E-state index contributed by atoms with van der Waals surface area (Å²) in [6.07, 6.45) is 6.13. The van der Waals surface area contributed by atoms with E-state index in [4.69, 9.17) is 11.2 Å². The number of carbonyl (C=O) groups is 1. The Morgan fingerprint density at radius 2 is 2.17 bits per heavy atom. The van der Waals surface area contributed by atoms with Crippen molar-refractivity contribution in [3.8, 4) is 12.3 Å². The monoisotopic (exact) mass is 246 g/mol. The summed E-state index contributed by atoms with van der Waals surface area (Å²) in [4.78, 5) is 18.0. The number of terminal acetylenes is 1. The number of pyridine rings is 1. The van der Waals surface area contributed by atoms with Gasteiger partial charge >= 0.3 is 5.97 Å². The molecule has 0 unspecified atom stereocenters. The SMILES string of the molecule is C#C[C@@H](C)OC(=O)c1ccc(N(CC)CC)nc1. The predicted molar refractivity (Wildman–Crippen MR) is 71.5 cm³/mol. The minimum absolute atomic E-state index is 0.410. The van der Waals surface area contributed by atoms with Crippen LogP contribution in [0.2, 0.25) is 0 Å². The second kappa shape index (κ2) is 6.65. The van der Waals surface area contributed by atoms with E-state index in [-0.39, 0.29) is 0 Å². The average Bonchev–Trinajstić information content (AvgIpc) is 2.40. The van der Waals surface area contributed by atoms with Crippen molar-refractivity contribution in [2.24, 2.45) is 0 Å². The predicted octanol–water partition coefficient (Wildman–Crippen LogP) is 2.11. The lowest BCUT2D eigenvalue weighted by Gasteiger charge is -2.19. The van der Waals surface area contributed by atoms with Crippen LogP contribution in [0.3, 0.4) is 0 Å². The minimum atomic E-state index is -0.528. The van der Waals surface area contributed by atoms with Crippen molar-refractivity contribution in [2.45, 2.75) is 26.9 Å². The fourth-order valence-electron chi connectivity index (χ4n) is 1.50. The zero-order chi connectivity index (χ0) is 13.5. The standard InChI is InChI=1S/C14H18N2O2/c1-5-11(4)18-14(17)12-8-9-13(15-10-12)16(6-2)7-3/h1,8-11H,6-7H2,2-4H3/t11-/m1/s1. The lowest BCUT2D eigenvalue weighted by atomic mass is 10.2. The molecule has 0 aliphatic carbocycles. The first-order valence-corrected chi connectivity index (χ1v) is 6.00. The maximum absolute atomic E-state index is 11.7. The number of carbonyl (C=O) groups excluding carboxylic acids is 1. The van der Waals surface area contributed by atoms with Gasteiger partial charge < -0.3 is 9.64 Å². The number of anilines is 1. The molecular formula is C14H18N2O2. The molecule has 1 heterocycles. The molecule has 96 valence electrons. The van der Waals surface area contributed by atoms with Gasteiger partial charge in [0.05, 0.1) is 5.56 Å². The number of nitrogens with zero attached hydrogens (tertiary/aromatic N) is 2. The van der Waals surface area contributed by atoms with Gasteiger partial charge in [-0.1, -0.05) is 5.92 Å². The van der Waals surface area contributed by atoms with E-state index in [0.717, 1.165) is 18.9 Å². The second-order valence-electron chi connectivity index (χ2n) is 3.79.